The molecule has 2 aromatic carbocycles. The second-order valence-electron chi connectivity index (χ2n) is 5.47. The largest absolute Gasteiger partial charge is 0.375 e. The van der Waals surface area contributed by atoms with Crippen LogP contribution >= 0.6 is 15.9 Å². The van der Waals surface area contributed by atoms with E-state index in [0.717, 1.165) is 15.7 Å². The van der Waals surface area contributed by atoms with Crippen molar-refractivity contribution in [3.05, 3.63) is 62.7 Å². The van der Waals surface area contributed by atoms with Gasteiger partial charge < -0.3 is 14.6 Å². The van der Waals surface area contributed by atoms with Crippen LogP contribution in [0.15, 0.2) is 45.7 Å². The second-order valence-corrected chi connectivity index (χ2v) is 6.32. The molecule has 7 heteroatoms. The Morgan fingerprint density at radius 3 is 2.96 bits per heavy atom. The van der Waals surface area contributed by atoms with E-state index in [1.807, 2.05) is 23.1 Å². The predicted molar refractivity (Wildman–Crippen MR) is 93.1 cm³/mol. The number of hydrogen-bond donors (Lipinski definition) is 1. The molecule has 0 saturated carbocycles. The molecule has 0 radical (unpaired) electrons. The standard InChI is InChI=1S/C17H13BrFN3O2/c18-11-3-1-6-14-10(11)9-24-8-7-22(14)16-15-12(19)4-2-5-13(15)20-17(23)21-16/h1-6H,7-9H2,(H,20,21,23). The number of aromatic nitrogens is 2. The summed E-state index contributed by atoms with van der Waals surface area (Å²) in [5, 5.41) is 0.296. The van der Waals surface area contributed by atoms with Crippen molar-refractivity contribution < 1.29 is 9.13 Å². The lowest BCUT2D eigenvalue weighted by atomic mass is 10.1. The first kappa shape index (κ1) is 15.3. The third kappa shape index (κ3) is 2.50. The number of aromatic amines is 1. The first-order valence-electron chi connectivity index (χ1n) is 7.46. The number of nitrogens with zero attached hydrogens (tertiary/aromatic N) is 2. The Kier molecular flexibility index (Phi) is 3.82. The molecule has 0 saturated heterocycles. The molecule has 0 bridgehead atoms. The number of ether oxygens (including phenoxy) is 1. The van der Waals surface area contributed by atoms with Crippen LogP contribution < -0.4 is 10.6 Å². The molecule has 5 nitrogen and oxygen atoms in total. The van der Waals surface area contributed by atoms with Crippen molar-refractivity contribution in [1.82, 2.24) is 9.97 Å². The monoisotopic (exact) mass is 389 g/mol. The van der Waals surface area contributed by atoms with E-state index in [-0.39, 0.29) is 0 Å². The van der Waals surface area contributed by atoms with Gasteiger partial charge in [0.2, 0.25) is 0 Å². The number of rotatable bonds is 1. The minimum absolute atomic E-state index is 0.296. The highest BCUT2D eigenvalue weighted by Crippen LogP contribution is 2.36. The molecule has 1 aliphatic heterocycles. The highest BCUT2D eigenvalue weighted by Gasteiger charge is 2.23. The van der Waals surface area contributed by atoms with Gasteiger partial charge in [0.1, 0.15) is 5.82 Å². The van der Waals surface area contributed by atoms with Crippen LogP contribution in [0.25, 0.3) is 10.9 Å². The fourth-order valence-corrected chi connectivity index (χ4v) is 3.43. The number of halogens is 2. The van der Waals surface area contributed by atoms with Gasteiger partial charge in [0.25, 0.3) is 0 Å². The van der Waals surface area contributed by atoms with Gasteiger partial charge in [-0.25, -0.2) is 9.18 Å². The van der Waals surface area contributed by atoms with Crippen LogP contribution in [0.3, 0.4) is 0 Å². The first-order valence-corrected chi connectivity index (χ1v) is 8.25. The number of H-pyrrole nitrogens is 1. The molecule has 0 fully saturated rings. The summed E-state index contributed by atoms with van der Waals surface area (Å²) in [6.07, 6.45) is 0. The molecule has 1 N–H and O–H groups in total. The lowest BCUT2D eigenvalue weighted by Gasteiger charge is -2.24. The highest BCUT2D eigenvalue weighted by atomic mass is 79.9. The van der Waals surface area contributed by atoms with E-state index in [1.165, 1.54) is 6.07 Å². The van der Waals surface area contributed by atoms with Crippen LogP contribution in [0, 0.1) is 5.82 Å². The van der Waals surface area contributed by atoms with Gasteiger partial charge >= 0.3 is 5.69 Å². The Hall–Kier alpha value is -2.25. The summed E-state index contributed by atoms with van der Waals surface area (Å²) in [5.41, 5.74) is 1.71. The van der Waals surface area contributed by atoms with E-state index in [4.69, 9.17) is 4.74 Å². The lowest BCUT2D eigenvalue weighted by molar-refractivity contribution is 0.133. The van der Waals surface area contributed by atoms with Gasteiger partial charge in [0.05, 0.1) is 24.1 Å². The van der Waals surface area contributed by atoms with E-state index in [2.05, 4.69) is 25.9 Å². The molecule has 3 aromatic rings. The van der Waals surface area contributed by atoms with E-state index < -0.39 is 11.5 Å². The summed E-state index contributed by atoms with van der Waals surface area (Å²) in [5.74, 6) is -0.121. The summed E-state index contributed by atoms with van der Waals surface area (Å²) in [7, 11) is 0. The Labute approximate surface area is 145 Å². The fourth-order valence-electron chi connectivity index (χ4n) is 2.96. The molecule has 4 rings (SSSR count). The van der Waals surface area contributed by atoms with Gasteiger partial charge in [0.15, 0.2) is 5.82 Å². The van der Waals surface area contributed by atoms with Crippen LogP contribution in [0.2, 0.25) is 0 Å². The third-order valence-electron chi connectivity index (χ3n) is 4.03. The average molecular weight is 390 g/mol. The van der Waals surface area contributed by atoms with Crippen LogP contribution in [-0.2, 0) is 11.3 Å². The van der Waals surface area contributed by atoms with Crippen molar-refractivity contribution in [1.29, 1.82) is 0 Å². The molecule has 2 heterocycles. The zero-order valence-corrected chi connectivity index (χ0v) is 14.1. The quantitative estimate of drug-likeness (QED) is 0.691. The molecule has 0 atom stereocenters. The summed E-state index contributed by atoms with van der Waals surface area (Å²) in [6, 6.07) is 10.3. The van der Waals surface area contributed by atoms with Gasteiger partial charge in [-0.3, -0.25) is 0 Å². The second kappa shape index (κ2) is 5.99. The van der Waals surface area contributed by atoms with E-state index in [1.54, 1.807) is 12.1 Å². The lowest BCUT2D eigenvalue weighted by Crippen LogP contribution is -2.25. The molecule has 0 aliphatic carbocycles. The Bertz CT molecular complexity index is 989. The molecule has 1 aromatic heterocycles. The van der Waals surface area contributed by atoms with Gasteiger partial charge in [-0.2, -0.15) is 4.98 Å². The maximum atomic E-state index is 14.5. The molecule has 0 unspecified atom stereocenters. The summed E-state index contributed by atoms with van der Waals surface area (Å²) >= 11 is 3.53. The SMILES string of the molecule is O=c1nc(N2CCOCc3c(Br)cccc32)c2c(F)cccc2[nH]1. The molecule has 1 aliphatic rings. The summed E-state index contributed by atoms with van der Waals surface area (Å²) < 4.78 is 21.0. The van der Waals surface area contributed by atoms with Gasteiger partial charge in [-0.15, -0.1) is 0 Å². The van der Waals surface area contributed by atoms with Crippen LogP contribution in [0.5, 0.6) is 0 Å². The Balaban J connectivity index is 2.02. The minimum Gasteiger partial charge on any atom is -0.375 e. The Morgan fingerprint density at radius 2 is 2.08 bits per heavy atom. The normalized spacial score (nSPS) is 14.5. The fraction of sp³-hybridized carbons (Fsp3) is 0.176. The number of nitrogens with one attached hydrogen (secondary N) is 1. The maximum absolute atomic E-state index is 14.5. The predicted octanol–water partition coefficient (Wildman–Crippen LogP) is 3.49. The molecular formula is C17H13BrFN3O2. The van der Waals surface area contributed by atoms with Crippen molar-refractivity contribution >= 4 is 38.3 Å². The van der Waals surface area contributed by atoms with Gasteiger partial charge in [-0.05, 0) is 24.3 Å². The zero-order chi connectivity index (χ0) is 16.7. The molecular weight excluding hydrogens is 377 g/mol. The topological polar surface area (TPSA) is 58.2 Å². The molecule has 24 heavy (non-hydrogen) atoms. The van der Waals surface area contributed by atoms with E-state index >= 15 is 0 Å². The van der Waals surface area contributed by atoms with Crippen molar-refractivity contribution in [3.8, 4) is 0 Å². The van der Waals surface area contributed by atoms with E-state index in [0.29, 0.717) is 36.5 Å². The van der Waals surface area contributed by atoms with Crippen LogP contribution in [0.4, 0.5) is 15.9 Å². The number of hydrogen-bond acceptors (Lipinski definition) is 4. The minimum atomic E-state index is -0.509. The number of fused-ring (bicyclic) bond motifs is 2. The maximum Gasteiger partial charge on any atom is 0.347 e. The van der Waals surface area contributed by atoms with Crippen molar-refractivity contribution in [2.24, 2.45) is 0 Å². The molecule has 0 spiro atoms. The van der Waals surface area contributed by atoms with Crippen LogP contribution in [0.1, 0.15) is 5.56 Å². The van der Waals surface area contributed by atoms with Gasteiger partial charge in [-0.1, -0.05) is 28.1 Å². The smallest absolute Gasteiger partial charge is 0.347 e. The highest BCUT2D eigenvalue weighted by molar-refractivity contribution is 9.10. The van der Waals surface area contributed by atoms with Gasteiger partial charge in [0, 0.05) is 22.3 Å². The van der Waals surface area contributed by atoms with Crippen molar-refractivity contribution in [3.63, 3.8) is 0 Å². The number of anilines is 2. The number of benzene rings is 2. The zero-order valence-electron chi connectivity index (χ0n) is 12.6. The van der Waals surface area contributed by atoms with Crippen molar-refractivity contribution in [2.75, 3.05) is 18.1 Å². The average Bonchev–Trinajstić information content (AvgIpc) is 2.77. The molecule has 122 valence electrons. The Morgan fingerprint density at radius 1 is 1.25 bits per heavy atom. The first-order chi connectivity index (χ1) is 11.6. The summed E-state index contributed by atoms with van der Waals surface area (Å²) in [6.45, 7) is 1.37. The van der Waals surface area contributed by atoms with Crippen molar-refractivity contribution in [2.45, 2.75) is 6.61 Å². The van der Waals surface area contributed by atoms with E-state index in [9.17, 15) is 9.18 Å². The third-order valence-corrected chi connectivity index (χ3v) is 4.78. The van der Waals surface area contributed by atoms with Crippen LogP contribution in [-0.4, -0.2) is 23.1 Å². The molecule has 0 amide bonds. The summed E-state index contributed by atoms with van der Waals surface area (Å²) in [4.78, 5) is 20.5.